The minimum Gasteiger partial charge on any atom is -0.326 e. The van der Waals surface area contributed by atoms with Crippen LogP contribution in [0.15, 0.2) is 22.7 Å². The number of carbonyl (C=O) groups excluding carboxylic acids is 1. The van der Waals surface area contributed by atoms with Gasteiger partial charge in [0.2, 0.25) is 5.91 Å². The molecule has 1 saturated heterocycles. The second-order valence-corrected chi connectivity index (χ2v) is 5.72. The molecule has 1 amide bonds. The normalized spacial score (nSPS) is 17.9. The van der Waals surface area contributed by atoms with E-state index in [9.17, 15) is 14.9 Å². The molecule has 1 heterocycles. The summed E-state index contributed by atoms with van der Waals surface area (Å²) in [5.41, 5.74) is 0.553. The maximum absolute atomic E-state index is 11.8. The number of halogens is 1. The van der Waals surface area contributed by atoms with E-state index >= 15 is 0 Å². The predicted octanol–water partition coefficient (Wildman–Crippen LogP) is 2.69. The van der Waals surface area contributed by atoms with E-state index in [4.69, 9.17) is 0 Å². The summed E-state index contributed by atoms with van der Waals surface area (Å²) >= 11 is 3.13. The van der Waals surface area contributed by atoms with E-state index in [0.29, 0.717) is 22.5 Å². The van der Waals surface area contributed by atoms with Gasteiger partial charge in [-0.25, -0.2) is 0 Å². The number of carbonyl (C=O) groups is 1. The smallest absolute Gasteiger partial charge is 0.283 e. The molecule has 1 aromatic rings. The summed E-state index contributed by atoms with van der Waals surface area (Å²) in [6.07, 6.45) is 2.46. The maximum atomic E-state index is 11.8. The van der Waals surface area contributed by atoms with Crippen molar-refractivity contribution in [3.05, 3.63) is 32.8 Å². The first-order valence-electron chi connectivity index (χ1n) is 6.51. The first-order chi connectivity index (χ1) is 9.56. The third kappa shape index (κ3) is 4.01. The van der Waals surface area contributed by atoms with Gasteiger partial charge in [0.1, 0.15) is 0 Å². The van der Waals surface area contributed by atoms with Crippen LogP contribution in [0.4, 0.5) is 11.4 Å². The highest BCUT2D eigenvalue weighted by Crippen LogP contribution is 2.27. The van der Waals surface area contributed by atoms with Gasteiger partial charge < -0.3 is 10.6 Å². The van der Waals surface area contributed by atoms with Gasteiger partial charge >= 0.3 is 0 Å². The minimum atomic E-state index is -0.469. The van der Waals surface area contributed by atoms with Gasteiger partial charge in [-0.05, 0) is 59.9 Å². The molecule has 20 heavy (non-hydrogen) atoms. The van der Waals surface area contributed by atoms with Crippen LogP contribution < -0.4 is 10.6 Å². The van der Waals surface area contributed by atoms with Crippen LogP contribution in [0.25, 0.3) is 0 Å². The Morgan fingerprint density at radius 3 is 2.95 bits per heavy atom. The molecule has 108 valence electrons. The molecular formula is C13H16BrN3O3. The number of rotatable bonds is 5. The van der Waals surface area contributed by atoms with Gasteiger partial charge in [-0.15, -0.1) is 0 Å². The van der Waals surface area contributed by atoms with E-state index in [1.54, 1.807) is 6.07 Å². The van der Waals surface area contributed by atoms with E-state index in [2.05, 4.69) is 26.6 Å². The van der Waals surface area contributed by atoms with Gasteiger partial charge in [0.05, 0.1) is 9.40 Å². The molecule has 0 radical (unpaired) electrons. The highest BCUT2D eigenvalue weighted by Gasteiger charge is 2.16. The zero-order valence-electron chi connectivity index (χ0n) is 10.9. The van der Waals surface area contributed by atoms with Crippen molar-refractivity contribution in [1.29, 1.82) is 0 Å². The highest BCUT2D eigenvalue weighted by atomic mass is 79.9. The second-order valence-electron chi connectivity index (χ2n) is 4.87. The molecule has 1 atom stereocenters. The van der Waals surface area contributed by atoms with Crippen molar-refractivity contribution < 1.29 is 9.72 Å². The quantitative estimate of drug-likeness (QED) is 0.636. The Hall–Kier alpha value is -1.47. The molecular weight excluding hydrogens is 326 g/mol. The molecule has 2 rings (SSSR count). The van der Waals surface area contributed by atoms with Crippen molar-refractivity contribution in [3.8, 4) is 0 Å². The standard InChI is InChI=1S/C13H16BrN3O3/c14-11-7-10(2-3-12(11)17(19)20)16-13(18)4-1-9-5-6-15-8-9/h2-3,7,9,15H,1,4-6,8H2,(H,16,18). The number of nitro groups is 1. The first-order valence-corrected chi connectivity index (χ1v) is 7.30. The summed E-state index contributed by atoms with van der Waals surface area (Å²) in [6.45, 7) is 2.01. The first kappa shape index (κ1) is 14.9. The fraction of sp³-hybridized carbons (Fsp3) is 0.462. The van der Waals surface area contributed by atoms with E-state index < -0.39 is 4.92 Å². The Balaban J connectivity index is 1.87. The lowest BCUT2D eigenvalue weighted by molar-refractivity contribution is -0.385. The Labute approximate surface area is 125 Å². The number of nitro benzene ring substituents is 1. The van der Waals surface area contributed by atoms with E-state index in [0.717, 1.165) is 25.9 Å². The number of nitrogens with one attached hydrogen (secondary N) is 2. The van der Waals surface area contributed by atoms with Gasteiger partial charge in [0.25, 0.3) is 5.69 Å². The van der Waals surface area contributed by atoms with Crippen LogP contribution in [0, 0.1) is 16.0 Å². The SMILES string of the molecule is O=C(CCC1CCNC1)Nc1ccc([N+](=O)[O-])c(Br)c1. The molecule has 7 heteroatoms. The summed E-state index contributed by atoms with van der Waals surface area (Å²) in [5.74, 6) is 0.516. The minimum absolute atomic E-state index is 0.0139. The van der Waals surface area contributed by atoms with E-state index in [1.165, 1.54) is 12.1 Å². The fourth-order valence-corrected chi connectivity index (χ4v) is 2.78. The molecule has 0 spiro atoms. The zero-order valence-corrected chi connectivity index (χ0v) is 12.5. The van der Waals surface area contributed by atoms with Gasteiger partial charge in [-0.3, -0.25) is 14.9 Å². The van der Waals surface area contributed by atoms with Gasteiger partial charge in [-0.2, -0.15) is 0 Å². The molecule has 0 bridgehead atoms. The summed E-state index contributed by atoms with van der Waals surface area (Å²) in [7, 11) is 0. The average Bonchev–Trinajstić information content (AvgIpc) is 2.89. The average molecular weight is 342 g/mol. The molecule has 6 nitrogen and oxygen atoms in total. The fourth-order valence-electron chi connectivity index (χ4n) is 2.25. The van der Waals surface area contributed by atoms with Crippen molar-refractivity contribution >= 4 is 33.2 Å². The van der Waals surface area contributed by atoms with Crippen LogP contribution in [0.2, 0.25) is 0 Å². The van der Waals surface area contributed by atoms with Crippen molar-refractivity contribution in [2.24, 2.45) is 5.92 Å². The number of amides is 1. The van der Waals surface area contributed by atoms with Crippen LogP contribution in [0.5, 0.6) is 0 Å². The Morgan fingerprint density at radius 1 is 1.55 bits per heavy atom. The number of hydrogen-bond acceptors (Lipinski definition) is 4. The zero-order chi connectivity index (χ0) is 14.5. The van der Waals surface area contributed by atoms with Crippen molar-refractivity contribution in [2.75, 3.05) is 18.4 Å². The van der Waals surface area contributed by atoms with Crippen LogP contribution >= 0.6 is 15.9 Å². The topological polar surface area (TPSA) is 84.3 Å². The molecule has 1 unspecified atom stereocenters. The van der Waals surface area contributed by atoms with Crippen LogP contribution in [0.3, 0.4) is 0 Å². The predicted molar refractivity (Wildman–Crippen MR) is 79.6 cm³/mol. The lowest BCUT2D eigenvalue weighted by atomic mass is 10.0. The monoisotopic (exact) mass is 341 g/mol. The summed E-state index contributed by atoms with van der Waals surface area (Å²) in [6, 6.07) is 4.46. The number of anilines is 1. The van der Waals surface area contributed by atoms with Crippen molar-refractivity contribution in [2.45, 2.75) is 19.3 Å². The molecule has 1 aromatic carbocycles. The third-order valence-electron chi connectivity index (χ3n) is 3.37. The summed E-state index contributed by atoms with van der Waals surface area (Å²) in [5, 5.41) is 16.7. The lowest BCUT2D eigenvalue weighted by Gasteiger charge is -2.09. The molecule has 0 aliphatic carbocycles. The Kier molecular flexibility index (Phi) is 5.08. The van der Waals surface area contributed by atoms with E-state index in [-0.39, 0.29) is 11.6 Å². The van der Waals surface area contributed by atoms with Crippen LogP contribution in [-0.4, -0.2) is 23.9 Å². The van der Waals surface area contributed by atoms with E-state index in [1.807, 2.05) is 0 Å². The number of hydrogen-bond donors (Lipinski definition) is 2. The number of benzene rings is 1. The lowest BCUT2D eigenvalue weighted by Crippen LogP contribution is -2.15. The van der Waals surface area contributed by atoms with Gasteiger partial charge in [0.15, 0.2) is 0 Å². The summed E-state index contributed by atoms with van der Waals surface area (Å²) in [4.78, 5) is 22.0. The van der Waals surface area contributed by atoms with Gasteiger partial charge in [0, 0.05) is 18.2 Å². The molecule has 1 aliphatic heterocycles. The largest absolute Gasteiger partial charge is 0.326 e. The van der Waals surface area contributed by atoms with Crippen LogP contribution in [-0.2, 0) is 4.79 Å². The highest BCUT2D eigenvalue weighted by molar-refractivity contribution is 9.10. The number of nitrogens with zero attached hydrogens (tertiary/aromatic N) is 1. The van der Waals surface area contributed by atoms with Crippen molar-refractivity contribution in [3.63, 3.8) is 0 Å². The molecule has 0 aromatic heterocycles. The Morgan fingerprint density at radius 2 is 2.35 bits per heavy atom. The van der Waals surface area contributed by atoms with Crippen molar-refractivity contribution in [1.82, 2.24) is 5.32 Å². The molecule has 1 aliphatic rings. The third-order valence-corrected chi connectivity index (χ3v) is 4.01. The molecule has 0 saturated carbocycles. The second kappa shape index (κ2) is 6.81. The maximum Gasteiger partial charge on any atom is 0.283 e. The molecule has 1 fully saturated rings. The molecule has 2 N–H and O–H groups in total. The Bertz CT molecular complexity index is 516. The summed E-state index contributed by atoms with van der Waals surface area (Å²) < 4.78 is 0.361. The van der Waals surface area contributed by atoms with Crippen LogP contribution in [0.1, 0.15) is 19.3 Å². The van der Waals surface area contributed by atoms with Gasteiger partial charge in [-0.1, -0.05) is 0 Å².